The third kappa shape index (κ3) is 4.70. The van der Waals surface area contributed by atoms with Crippen LogP contribution in [0, 0.1) is 5.92 Å². The van der Waals surface area contributed by atoms with E-state index in [9.17, 15) is 4.79 Å². The van der Waals surface area contributed by atoms with Gasteiger partial charge in [-0.3, -0.25) is 9.69 Å². The van der Waals surface area contributed by atoms with Crippen LogP contribution in [0.3, 0.4) is 0 Å². The molecule has 26 heavy (non-hydrogen) atoms. The summed E-state index contributed by atoms with van der Waals surface area (Å²) in [6.07, 6.45) is 6.93. The highest BCUT2D eigenvalue weighted by Gasteiger charge is 2.29. The number of methoxy groups -OCH3 is 2. The van der Waals surface area contributed by atoms with E-state index in [2.05, 4.69) is 9.80 Å². The lowest BCUT2D eigenvalue weighted by atomic mass is 9.95. The monoisotopic (exact) mass is 360 g/mol. The number of rotatable bonds is 5. The predicted molar refractivity (Wildman–Crippen MR) is 103 cm³/mol. The first-order valence-corrected chi connectivity index (χ1v) is 9.93. The van der Waals surface area contributed by atoms with Crippen LogP contribution < -0.4 is 9.47 Å². The van der Waals surface area contributed by atoms with E-state index in [4.69, 9.17) is 9.47 Å². The van der Waals surface area contributed by atoms with Crippen molar-refractivity contribution >= 4 is 5.91 Å². The summed E-state index contributed by atoms with van der Waals surface area (Å²) < 4.78 is 10.9. The van der Waals surface area contributed by atoms with Gasteiger partial charge in [-0.2, -0.15) is 0 Å². The number of amides is 1. The van der Waals surface area contributed by atoms with E-state index in [1.807, 2.05) is 18.2 Å². The van der Waals surface area contributed by atoms with E-state index in [1.165, 1.54) is 12.8 Å². The average molecular weight is 360 g/mol. The van der Waals surface area contributed by atoms with Gasteiger partial charge in [0.15, 0.2) is 0 Å². The van der Waals surface area contributed by atoms with Crippen molar-refractivity contribution in [2.45, 2.75) is 45.1 Å². The molecule has 2 aliphatic heterocycles. The Hall–Kier alpha value is -1.75. The number of likely N-dealkylation sites (tertiary alicyclic amines) is 2. The molecule has 1 unspecified atom stereocenters. The first-order chi connectivity index (χ1) is 12.7. The lowest BCUT2D eigenvalue weighted by molar-refractivity contribution is -0.137. The van der Waals surface area contributed by atoms with Crippen molar-refractivity contribution in [1.29, 1.82) is 0 Å². The fourth-order valence-corrected chi connectivity index (χ4v) is 4.20. The number of carbonyl (C=O) groups is 1. The summed E-state index contributed by atoms with van der Waals surface area (Å²) in [5, 5.41) is 0. The molecule has 0 bridgehead atoms. The first-order valence-electron chi connectivity index (χ1n) is 9.93. The zero-order chi connectivity index (χ0) is 18.4. The minimum absolute atomic E-state index is 0.137. The normalized spacial score (nSPS) is 21.9. The molecule has 5 nitrogen and oxygen atoms in total. The van der Waals surface area contributed by atoms with Crippen LogP contribution in [-0.2, 0) is 11.3 Å². The Labute approximate surface area is 157 Å². The van der Waals surface area contributed by atoms with E-state index in [0.29, 0.717) is 5.91 Å². The summed E-state index contributed by atoms with van der Waals surface area (Å²) in [7, 11) is 3.38. The average Bonchev–Trinajstić information content (AvgIpc) is 2.97. The maximum Gasteiger partial charge on any atom is 0.226 e. The highest BCUT2D eigenvalue weighted by atomic mass is 16.5. The summed E-state index contributed by atoms with van der Waals surface area (Å²) in [6, 6.07) is 5.92. The van der Waals surface area contributed by atoms with Gasteiger partial charge in [0.1, 0.15) is 11.5 Å². The van der Waals surface area contributed by atoms with Crippen molar-refractivity contribution in [2.75, 3.05) is 40.4 Å². The van der Waals surface area contributed by atoms with Gasteiger partial charge in [-0.05, 0) is 50.4 Å². The highest BCUT2D eigenvalue weighted by Crippen LogP contribution is 2.28. The number of hydrogen-bond acceptors (Lipinski definition) is 4. The lowest BCUT2D eigenvalue weighted by Crippen LogP contribution is -2.44. The Balaban J connectivity index is 1.64. The molecule has 144 valence electrons. The van der Waals surface area contributed by atoms with Gasteiger partial charge in [-0.25, -0.2) is 0 Å². The van der Waals surface area contributed by atoms with Crippen molar-refractivity contribution in [1.82, 2.24) is 9.80 Å². The first kappa shape index (κ1) is 19.0. The topological polar surface area (TPSA) is 42.0 Å². The largest absolute Gasteiger partial charge is 0.497 e. The standard InChI is InChI=1S/C21H32N2O3/c1-25-19-9-10-20(26-2)18(14-19)16-22-11-7-8-17(15-22)21(24)23-12-5-3-4-6-13-23/h9-10,14,17H,3-8,11-13,15-16H2,1-2H3. The summed E-state index contributed by atoms with van der Waals surface area (Å²) in [4.78, 5) is 17.5. The second-order valence-corrected chi connectivity index (χ2v) is 7.49. The smallest absolute Gasteiger partial charge is 0.226 e. The highest BCUT2D eigenvalue weighted by molar-refractivity contribution is 5.79. The molecule has 1 amide bonds. The van der Waals surface area contributed by atoms with Gasteiger partial charge in [0.2, 0.25) is 5.91 Å². The van der Waals surface area contributed by atoms with E-state index in [1.54, 1.807) is 14.2 Å². The Morgan fingerprint density at radius 3 is 2.50 bits per heavy atom. The molecule has 3 rings (SSSR count). The summed E-state index contributed by atoms with van der Waals surface area (Å²) in [6.45, 7) is 4.56. The van der Waals surface area contributed by atoms with Crippen molar-refractivity contribution in [3.05, 3.63) is 23.8 Å². The molecule has 0 radical (unpaired) electrons. The van der Waals surface area contributed by atoms with Gasteiger partial charge in [0.05, 0.1) is 20.1 Å². The van der Waals surface area contributed by atoms with Crippen LogP contribution in [0.15, 0.2) is 18.2 Å². The molecular weight excluding hydrogens is 328 g/mol. The second-order valence-electron chi connectivity index (χ2n) is 7.49. The van der Waals surface area contributed by atoms with E-state index in [0.717, 1.165) is 75.5 Å². The molecule has 1 aromatic rings. The number of carbonyl (C=O) groups excluding carboxylic acids is 1. The Kier molecular flexibility index (Phi) is 6.78. The molecule has 1 atom stereocenters. The van der Waals surface area contributed by atoms with Crippen LogP contribution in [0.25, 0.3) is 0 Å². The van der Waals surface area contributed by atoms with Crippen molar-refractivity contribution in [2.24, 2.45) is 5.92 Å². The number of nitrogens with zero attached hydrogens (tertiary/aromatic N) is 2. The number of ether oxygens (including phenoxy) is 2. The zero-order valence-corrected chi connectivity index (χ0v) is 16.2. The molecule has 0 aliphatic carbocycles. The molecule has 2 aliphatic rings. The predicted octanol–water partition coefficient (Wildman–Crippen LogP) is 3.32. The molecule has 5 heteroatoms. The lowest BCUT2D eigenvalue weighted by Gasteiger charge is -2.35. The minimum Gasteiger partial charge on any atom is -0.497 e. The third-order valence-corrected chi connectivity index (χ3v) is 5.65. The van der Waals surface area contributed by atoms with Crippen LogP contribution in [0.1, 0.15) is 44.1 Å². The number of piperidine rings is 1. The van der Waals surface area contributed by atoms with Crippen LogP contribution in [0.2, 0.25) is 0 Å². The van der Waals surface area contributed by atoms with Crippen molar-refractivity contribution < 1.29 is 14.3 Å². The SMILES string of the molecule is COc1ccc(OC)c(CN2CCCC(C(=O)N3CCCCCC3)C2)c1. The van der Waals surface area contributed by atoms with Crippen LogP contribution in [0.4, 0.5) is 0 Å². The molecule has 0 N–H and O–H groups in total. The van der Waals surface area contributed by atoms with Crippen molar-refractivity contribution in [3.8, 4) is 11.5 Å². The zero-order valence-electron chi connectivity index (χ0n) is 16.2. The fourth-order valence-electron chi connectivity index (χ4n) is 4.20. The van der Waals surface area contributed by atoms with Crippen molar-refractivity contribution in [3.63, 3.8) is 0 Å². The van der Waals surface area contributed by atoms with Gasteiger partial charge in [-0.1, -0.05) is 12.8 Å². The van der Waals surface area contributed by atoms with Gasteiger partial charge < -0.3 is 14.4 Å². The Bertz CT molecular complexity index is 597. The summed E-state index contributed by atoms with van der Waals surface area (Å²) in [5.74, 6) is 2.23. The Morgan fingerprint density at radius 2 is 1.81 bits per heavy atom. The summed E-state index contributed by atoms with van der Waals surface area (Å²) in [5.41, 5.74) is 1.12. The van der Waals surface area contributed by atoms with Gasteiger partial charge in [0.25, 0.3) is 0 Å². The van der Waals surface area contributed by atoms with E-state index in [-0.39, 0.29) is 5.92 Å². The molecule has 1 aromatic carbocycles. The maximum atomic E-state index is 13.0. The van der Waals surface area contributed by atoms with Crippen LogP contribution >= 0.6 is 0 Å². The molecule has 0 saturated carbocycles. The molecule has 0 aromatic heterocycles. The molecular formula is C21H32N2O3. The minimum atomic E-state index is 0.137. The Morgan fingerprint density at radius 1 is 1.04 bits per heavy atom. The summed E-state index contributed by atoms with van der Waals surface area (Å²) >= 11 is 0. The van der Waals surface area contributed by atoms with Crippen LogP contribution in [-0.4, -0.2) is 56.1 Å². The fraction of sp³-hybridized carbons (Fsp3) is 0.667. The molecule has 2 saturated heterocycles. The molecule has 2 heterocycles. The molecule has 0 spiro atoms. The third-order valence-electron chi connectivity index (χ3n) is 5.65. The van der Waals surface area contributed by atoms with Gasteiger partial charge in [-0.15, -0.1) is 0 Å². The van der Waals surface area contributed by atoms with E-state index >= 15 is 0 Å². The quantitative estimate of drug-likeness (QED) is 0.808. The number of hydrogen-bond donors (Lipinski definition) is 0. The van der Waals surface area contributed by atoms with Gasteiger partial charge >= 0.3 is 0 Å². The van der Waals surface area contributed by atoms with Gasteiger partial charge in [0, 0.05) is 31.7 Å². The second kappa shape index (κ2) is 9.26. The maximum absolute atomic E-state index is 13.0. The van der Waals surface area contributed by atoms with Crippen LogP contribution in [0.5, 0.6) is 11.5 Å². The molecule has 2 fully saturated rings. The van der Waals surface area contributed by atoms with E-state index < -0.39 is 0 Å². The number of benzene rings is 1.